The summed E-state index contributed by atoms with van der Waals surface area (Å²) in [4.78, 5) is 0.0951. The van der Waals surface area contributed by atoms with E-state index in [2.05, 4.69) is 9.44 Å². The van der Waals surface area contributed by atoms with E-state index >= 15 is 0 Å². The minimum absolute atomic E-state index is 0.0951. The fourth-order valence-corrected chi connectivity index (χ4v) is 3.39. The molecule has 0 bridgehead atoms. The van der Waals surface area contributed by atoms with Gasteiger partial charge in [-0.05, 0) is 31.2 Å². The van der Waals surface area contributed by atoms with Crippen LogP contribution in [-0.2, 0) is 26.5 Å². The highest BCUT2D eigenvalue weighted by atomic mass is 35.5. The maximum absolute atomic E-state index is 11.9. The highest BCUT2D eigenvalue weighted by Gasteiger charge is 2.15. The smallest absolute Gasteiger partial charge is 0.218 e. The van der Waals surface area contributed by atoms with Gasteiger partial charge in [0.1, 0.15) is 0 Å². The number of hydrogen-bond donors (Lipinski definition) is 2. The molecule has 1 rings (SSSR count). The van der Waals surface area contributed by atoms with Gasteiger partial charge in [0.15, 0.2) is 0 Å². The summed E-state index contributed by atoms with van der Waals surface area (Å²) in [6, 6.07) is 6.30. The molecular formula is C11H17ClN2O4S2. The molecule has 0 amide bonds. The lowest BCUT2D eigenvalue weighted by atomic mass is 10.2. The van der Waals surface area contributed by atoms with E-state index in [4.69, 9.17) is 11.6 Å². The Morgan fingerprint density at radius 1 is 1.10 bits per heavy atom. The van der Waals surface area contributed by atoms with Crippen molar-refractivity contribution >= 4 is 31.6 Å². The Labute approximate surface area is 124 Å². The van der Waals surface area contributed by atoms with Crippen LogP contribution in [0.4, 0.5) is 0 Å². The molecule has 0 fully saturated rings. The average Bonchev–Trinajstić information content (AvgIpc) is 2.39. The van der Waals surface area contributed by atoms with Crippen LogP contribution in [0.2, 0.25) is 0 Å². The molecule has 0 aliphatic rings. The molecule has 0 spiro atoms. The summed E-state index contributed by atoms with van der Waals surface area (Å²) in [6.07, 6.45) is 0.662. The van der Waals surface area contributed by atoms with E-state index in [1.807, 2.05) is 0 Å². The van der Waals surface area contributed by atoms with Crippen molar-refractivity contribution in [2.75, 3.05) is 25.2 Å². The van der Waals surface area contributed by atoms with E-state index in [0.29, 0.717) is 12.3 Å². The van der Waals surface area contributed by atoms with Gasteiger partial charge in [-0.2, -0.15) is 0 Å². The predicted octanol–water partition coefficient (Wildman–Crippen LogP) is 0.295. The molecule has 0 heterocycles. The topological polar surface area (TPSA) is 92.3 Å². The second-order valence-corrected chi connectivity index (χ2v) is 8.19. The molecule has 0 radical (unpaired) electrons. The van der Waals surface area contributed by atoms with E-state index in [0.717, 1.165) is 5.56 Å². The SMILES string of the molecule is CNS(=O)(=O)CCNS(=O)(=O)c1ccc(CCCl)cc1. The third-order valence-electron chi connectivity index (χ3n) is 2.59. The molecule has 6 nitrogen and oxygen atoms in total. The number of aryl methyl sites for hydroxylation is 1. The van der Waals surface area contributed by atoms with E-state index in [1.54, 1.807) is 12.1 Å². The molecule has 1 aromatic rings. The summed E-state index contributed by atoms with van der Waals surface area (Å²) in [6.45, 7) is -0.186. The van der Waals surface area contributed by atoms with E-state index in [9.17, 15) is 16.8 Å². The Kier molecular flexibility index (Phi) is 6.41. The minimum Gasteiger partial charge on any atom is -0.218 e. The fourth-order valence-electron chi connectivity index (χ4n) is 1.44. The second-order valence-electron chi connectivity index (χ2n) is 4.00. The van der Waals surface area contributed by atoms with Crippen molar-refractivity contribution in [3.05, 3.63) is 29.8 Å². The maximum atomic E-state index is 11.9. The lowest BCUT2D eigenvalue weighted by molar-refractivity contribution is 0.578. The lowest BCUT2D eigenvalue weighted by Gasteiger charge is -2.07. The highest BCUT2D eigenvalue weighted by molar-refractivity contribution is 7.90. The maximum Gasteiger partial charge on any atom is 0.240 e. The Balaban J connectivity index is 2.69. The molecule has 20 heavy (non-hydrogen) atoms. The lowest BCUT2D eigenvalue weighted by Crippen LogP contribution is -2.32. The van der Waals surface area contributed by atoms with Crippen LogP contribution in [0.1, 0.15) is 5.56 Å². The third-order valence-corrected chi connectivity index (χ3v) is 5.62. The van der Waals surface area contributed by atoms with Crippen molar-refractivity contribution in [2.45, 2.75) is 11.3 Å². The van der Waals surface area contributed by atoms with Gasteiger partial charge in [0.05, 0.1) is 10.6 Å². The molecule has 2 N–H and O–H groups in total. The van der Waals surface area contributed by atoms with Crippen molar-refractivity contribution in [3.8, 4) is 0 Å². The number of hydrogen-bond acceptors (Lipinski definition) is 4. The molecular weight excluding hydrogens is 324 g/mol. The van der Waals surface area contributed by atoms with Crippen LogP contribution < -0.4 is 9.44 Å². The number of sulfonamides is 2. The summed E-state index contributed by atoms with van der Waals surface area (Å²) in [5.41, 5.74) is 0.941. The molecule has 0 atom stereocenters. The van der Waals surface area contributed by atoms with E-state index < -0.39 is 20.0 Å². The first kappa shape index (κ1) is 17.4. The van der Waals surface area contributed by atoms with Gasteiger partial charge in [-0.15, -0.1) is 11.6 Å². The fraction of sp³-hybridized carbons (Fsp3) is 0.455. The Hall–Kier alpha value is -0.670. The van der Waals surface area contributed by atoms with Gasteiger partial charge < -0.3 is 0 Å². The molecule has 0 aromatic heterocycles. The second kappa shape index (κ2) is 7.37. The van der Waals surface area contributed by atoms with Crippen LogP contribution in [-0.4, -0.2) is 42.1 Å². The molecule has 0 saturated heterocycles. The summed E-state index contributed by atoms with van der Waals surface area (Å²) < 4.78 is 50.6. The standard InChI is InChI=1S/C11H17ClN2O4S2/c1-13-19(15,16)9-8-14-20(17,18)11-4-2-10(3-5-11)6-7-12/h2-5,13-14H,6-9H2,1H3. The molecule has 0 saturated carbocycles. The molecule has 0 aliphatic carbocycles. The molecule has 0 aliphatic heterocycles. The number of rotatable bonds is 8. The Morgan fingerprint density at radius 3 is 2.20 bits per heavy atom. The number of benzene rings is 1. The first-order chi connectivity index (χ1) is 9.30. The van der Waals surface area contributed by atoms with Gasteiger partial charge in [0, 0.05) is 12.4 Å². The van der Waals surface area contributed by atoms with E-state index in [-0.39, 0.29) is 17.2 Å². The van der Waals surface area contributed by atoms with Gasteiger partial charge in [-0.25, -0.2) is 26.3 Å². The Morgan fingerprint density at radius 2 is 1.70 bits per heavy atom. The monoisotopic (exact) mass is 340 g/mol. The van der Waals surface area contributed by atoms with E-state index in [1.165, 1.54) is 19.2 Å². The Bertz CT molecular complexity index is 627. The minimum atomic E-state index is -3.70. The van der Waals surface area contributed by atoms with Crippen molar-refractivity contribution in [1.29, 1.82) is 0 Å². The molecule has 1 aromatic carbocycles. The average molecular weight is 341 g/mol. The molecule has 114 valence electrons. The summed E-state index contributed by atoms with van der Waals surface area (Å²) in [5.74, 6) is 0.152. The van der Waals surface area contributed by atoms with Gasteiger partial charge in [-0.3, -0.25) is 0 Å². The van der Waals surface area contributed by atoms with Crippen LogP contribution in [0.25, 0.3) is 0 Å². The van der Waals surface area contributed by atoms with Crippen LogP contribution in [0.5, 0.6) is 0 Å². The van der Waals surface area contributed by atoms with Crippen molar-refractivity contribution in [2.24, 2.45) is 0 Å². The summed E-state index contributed by atoms with van der Waals surface area (Å²) >= 11 is 5.60. The summed E-state index contributed by atoms with van der Waals surface area (Å²) in [7, 11) is -5.85. The van der Waals surface area contributed by atoms with Gasteiger partial charge >= 0.3 is 0 Å². The predicted molar refractivity (Wildman–Crippen MR) is 78.9 cm³/mol. The van der Waals surface area contributed by atoms with Crippen molar-refractivity contribution in [1.82, 2.24) is 9.44 Å². The quantitative estimate of drug-likeness (QED) is 0.665. The number of halogens is 1. The largest absolute Gasteiger partial charge is 0.240 e. The first-order valence-electron chi connectivity index (χ1n) is 5.86. The zero-order valence-electron chi connectivity index (χ0n) is 11.0. The molecule has 0 unspecified atom stereocenters. The zero-order valence-corrected chi connectivity index (χ0v) is 13.4. The van der Waals surface area contributed by atoms with Gasteiger partial charge in [0.2, 0.25) is 20.0 Å². The zero-order chi connectivity index (χ0) is 15.2. The summed E-state index contributed by atoms with van der Waals surface area (Å²) in [5, 5.41) is 0. The number of alkyl halides is 1. The molecule has 9 heteroatoms. The third kappa shape index (κ3) is 5.37. The number of nitrogens with one attached hydrogen (secondary N) is 2. The highest BCUT2D eigenvalue weighted by Crippen LogP contribution is 2.11. The van der Waals surface area contributed by atoms with Crippen molar-refractivity contribution in [3.63, 3.8) is 0 Å². The van der Waals surface area contributed by atoms with Crippen molar-refractivity contribution < 1.29 is 16.8 Å². The van der Waals surface area contributed by atoms with Crippen LogP contribution in [0.15, 0.2) is 29.2 Å². The van der Waals surface area contributed by atoms with Gasteiger partial charge in [0.25, 0.3) is 0 Å². The normalized spacial score (nSPS) is 12.5. The first-order valence-corrected chi connectivity index (χ1v) is 9.53. The van der Waals surface area contributed by atoms with Crippen LogP contribution in [0, 0.1) is 0 Å². The van der Waals surface area contributed by atoms with Gasteiger partial charge in [-0.1, -0.05) is 12.1 Å². The van der Waals surface area contributed by atoms with Crippen LogP contribution in [0.3, 0.4) is 0 Å². The van der Waals surface area contributed by atoms with Crippen LogP contribution >= 0.6 is 11.6 Å².